The van der Waals surface area contributed by atoms with Gasteiger partial charge in [-0.1, -0.05) is 28.1 Å². The Morgan fingerprint density at radius 3 is 2.54 bits per heavy atom. The van der Waals surface area contributed by atoms with Crippen molar-refractivity contribution in [3.63, 3.8) is 0 Å². The number of benzene rings is 1. The Bertz CT molecular complexity index is 248. The quantitative estimate of drug-likeness (QED) is 0.883. The molecule has 0 bridgehead atoms. The second-order valence-electron chi connectivity index (χ2n) is 2.82. The Morgan fingerprint density at radius 1 is 1.38 bits per heavy atom. The Hall–Kier alpha value is -0.380. The molecule has 0 spiro atoms. The van der Waals surface area contributed by atoms with Gasteiger partial charge in [0.25, 0.3) is 0 Å². The predicted octanol–water partition coefficient (Wildman–Crippen LogP) is 2.49. The Labute approximate surface area is 87.2 Å². The van der Waals surface area contributed by atoms with Crippen LogP contribution in [0.2, 0.25) is 0 Å². The minimum absolute atomic E-state index is 0.0203. The minimum Gasteiger partial charge on any atom is -0.380 e. The minimum atomic E-state index is -0.0203. The predicted molar refractivity (Wildman–Crippen MR) is 57.6 cm³/mol. The summed E-state index contributed by atoms with van der Waals surface area (Å²) in [6.45, 7) is 3.26. The van der Waals surface area contributed by atoms with Crippen LogP contribution < -0.4 is 5.73 Å². The summed E-state index contributed by atoms with van der Waals surface area (Å²) >= 11 is 3.38. The molecule has 72 valence electrons. The van der Waals surface area contributed by atoms with Crippen LogP contribution in [0.25, 0.3) is 0 Å². The number of hydrogen-bond acceptors (Lipinski definition) is 2. The first-order chi connectivity index (χ1) is 6.24. The van der Waals surface area contributed by atoms with E-state index in [1.165, 1.54) is 0 Å². The van der Waals surface area contributed by atoms with E-state index in [0.29, 0.717) is 13.2 Å². The van der Waals surface area contributed by atoms with Crippen molar-refractivity contribution in [3.05, 3.63) is 34.3 Å². The third-order valence-electron chi connectivity index (χ3n) is 1.80. The highest BCUT2D eigenvalue weighted by molar-refractivity contribution is 9.10. The van der Waals surface area contributed by atoms with Crippen molar-refractivity contribution in [2.24, 2.45) is 5.73 Å². The van der Waals surface area contributed by atoms with E-state index in [-0.39, 0.29) is 6.04 Å². The van der Waals surface area contributed by atoms with Crippen molar-refractivity contribution in [3.8, 4) is 0 Å². The van der Waals surface area contributed by atoms with Crippen LogP contribution in [0.5, 0.6) is 0 Å². The third-order valence-corrected chi connectivity index (χ3v) is 2.33. The SMILES string of the molecule is CCOCC(N)c1ccc(Br)cc1. The van der Waals surface area contributed by atoms with Crippen LogP contribution in [0.1, 0.15) is 18.5 Å². The molecule has 0 heterocycles. The fraction of sp³-hybridized carbons (Fsp3) is 0.400. The molecule has 2 nitrogen and oxygen atoms in total. The summed E-state index contributed by atoms with van der Waals surface area (Å²) in [5, 5.41) is 0. The van der Waals surface area contributed by atoms with E-state index in [1.54, 1.807) is 0 Å². The first-order valence-corrected chi connectivity index (χ1v) is 5.12. The number of ether oxygens (including phenoxy) is 1. The molecule has 1 atom stereocenters. The van der Waals surface area contributed by atoms with E-state index < -0.39 is 0 Å². The summed E-state index contributed by atoms with van der Waals surface area (Å²) in [6.07, 6.45) is 0. The van der Waals surface area contributed by atoms with Crippen LogP contribution >= 0.6 is 15.9 Å². The number of nitrogens with two attached hydrogens (primary N) is 1. The topological polar surface area (TPSA) is 35.2 Å². The van der Waals surface area contributed by atoms with Gasteiger partial charge in [-0.25, -0.2) is 0 Å². The van der Waals surface area contributed by atoms with Crippen LogP contribution in [-0.4, -0.2) is 13.2 Å². The van der Waals surface area contributed by atoms with Gasteiger partial charge in [-0.05, 0) is 24.6 Å². The van der Waals surface area contributed by atoms with Gasteiger partial charge in [0.15, 0.2) is 0 Å². The Balaban J connectivity index is 2.55. The van der Waals surface area contributed by atoms with Crippen molar-refractivity contribution in [2.75, 3.05) is 13.2 Å². The van der Waals surface area contributed by atoms with Crippen LogP contribution in [-0.2, 0) is 4.74 Å². The van der Waals surface area contributed by atoms with Gasteiger partial charge in [0.2, 0.25) is 0 Å². The zero-order valence-corrected chi connectivity index (χ0v) is 9.25. The van der Waals surface area contributed by atoms with Gasteiger partial charge in [0.1, 0.15) is 0 Å². The van der Waals surface area contributed by atoms with Crippen LogP contribution in [0.4, 0.5) is 0 Å². The Morgan fingerprint density at radius 2 is 2.00 bits per heavy atom. The second kappa shape index (κ2) is 5.37. The molecule has 0 aromatic heterocycles. The summed E-state index contributed by atoms with van der Waals surface area (Å²) in [5.41, 5.74) is 7.00. The van der Waals surface area contributed by atoms with Crippen molar-refractivity contribution in [1.82, 2.24) is 0 Å². The standard InChI is InChI=1S/C10H14BrNO/c1-2-13-7-10(12)8-3-5-9(11)6-4-8/h3-6,10H,2,7,12H2,1H3. The molecule has 0 saturated carbocycles. The molecule has 13 heavy (non-hydrogen) atoms. The van der Waals surface area contributed by atoms with Gasteiger partial charge in [-0.15, -0.1) is 0 Å². The van der Waals surface area contributed by atoms with Gasteiger partial charge in [0.05, 0.1) is 12.6 Å². The smallest absolute Gasteiger partial charge is 0.0659 e. The summed E-state index contributed by atoms with van der Waals surface area (Å²) in [6, 6.07) is 7.97. The summed E-state index contributed by atoms with van der Waals surface area (Å²) in [7, 11) is 0. The van der Waals surface area contributed by atoms with E-state index in [1.807, 2.05) is 31.2 Å². The third kappa shape index (κ3) is 3.46. The molecule has 0 amide bonds. The molecular formula is C10H14BrNO. The maximum Gasteiger partial charge on any atom is 0.0659 e. The van der Waals surface area contributed by atoms with Gasteiger partial charge >= 0.3 is 0 Å². The Kier molecular flexibility index (Phi) is 4.42. The van der Waals surface area contributed by atoms with Crippen molar-refractivity contribution >= 4 is 15.9 Å². The number of rotatable bonds is 4. The first kappa shape index (κ1) is 10.7. The lowest BCUT2D eigenvalue weighted by atomic mass is 10.1. The summed E-state index contributed by atoms with van der Waals surface area (Å²) < 4.78 is 6.31. The van der Waals surface area contributed by atoms with Gasteiger partial charge in [0, 0.05) is 11.1 Å². The van der Waals surface area contributed by atoms with Gasteiger partial charge in [-0.2, -0.15) is 0 Å². The molecular weight excluding hydrogens is 230 g/mol. The number of halogens is 1. The lowest BCUT2D eigenvalue weighted by Gasteiger charge is -2.11. The van der Waals surface area contributed by atoms with Crippen LogP contribution in [0, 0.1) is 0 Å². The summed E-state index contributed by atoms with van der Waals surface area (Å²) in [4.78, 5) is 0. The maximum atomic E-state index is 5.89. The molecule has 0 saturated heterocycles. The van der Waals surface area contributed by atoms with E-state index in [2.05, 4.69) is 15.9 Å². The molecule has 1 aromatic carbocycles. The molecule has 3 heteroatoms. The number of hydrogen-bond donors (Lipinski definition) is 1. The van der Waals surface area contributed by atoms with Crippen LogP contribution in [0.3, 0.4) is 0 Å². The van der Waals surface area contributed by atoms with Gasteiger partial charge < -0.3 is 10.5 Å². The highest BCUT2D eigenvalue weighted by atomic mass is 79.9. The van der Waals surface area contributed by atoms with Gasteiger partial charge in [-0.3, -0.25) is 0 Å². The molecule has 0 aliphatic carbocycles. The average Bonchev–Trinajstić information content (AvgIpc) is 2.15. The van der Waals surface area contributed by atoms with E-state index in [0.717, 1.165) is 10.0 Å². The van der Waals surface area contributed by atoms with Crippen molar-refractivity contribution in [1.29, 1.82) is 0 Å². The van der Waals surface area contributed by atoms with E-state index in [9.17, 15) is 0 Å². The van der Waals surface area contributed by atoms with Crippen LogP contribution in [0.15, 0.2) is 28.7 Å². The first-order valence-electron chi connectivity index (χ1n) is 4.33. The van der Waals surface area contributed by atoms with E-state index >= 15 is 0 Å². The normalized spacial score (nSPS) is 12.8. The molecule has 2 N–H and O–H groups in total. The zero-order chi connectivity index (χ0) is 9.68. The molecule has 0 fully saturated rings. The molecule has 0 aliphatic rings. The highest BCUT2D eigenvalue weighted by Gasteiger charge is 2.04. The molecule has 1 unspecified atom stereocenters. The lowest BCUT2D eigenvalue weighted by Crippen LogP contribution is -2.16. The summed E-state index contributed by atoms with van der Waals surface area (Å²) in [5.74, 6) is 0. The maximum absolute atomic E-state index is 5.89. The largest absolute Gasteiger partial charge is 0.380 e. The fourth-order valence-electron chi connectivity index (χ4n) is 1.05. The zero-order valence-electron chi connectivity index (χ0n) is 7.66. The highest BCUT2D eigenvalue weighted by Crippen LogP contribution is 2.15. The van der Waals surface area contributed by atoms with Crippen molar-refractivity contribution < 1.29 is 4.74 Å². The molecule has 1 rings (SSSR count). The van der Waals surface area contributed by atoms with E-state index in [4.69, 9.17) is 10.5 Å². The average molecular weight is 244 g/mol. The monoisotopic (exact) mass is 243 g/mol. The molecule has 0 radical (unpaired) electrons. The molecule has 0 aliphatic heterocycles. The lowest BCUT2D eigenvalue weighted by molar-refractivity contribution is 0.133. The molecule has 1 aromatic rings. The fourth-order valence-corrected chi connectivity index (χ4v) is 1.32. The van der Waals surface area contributed by atoms with Crippen molar-refractivity contribution in [2.45, 2.75) is 13.0 Å². The second-order valence-corrected chi connectivity index (χ2v) is 3.73.